The van der Waals surface area contributed by atoms with E-state index in [9.17, 15) is 0 Å². The van der Waals surface area contributed by atoms with Crippen molar-refractivity contribution in [1.29, 1.82) is 0 Å². The summed E-state index contributed by atoms with van der Waals surface area (Å²) in [6, 6.07) is 8.80. The quantitative estimate of drug-likeness (QED) is 0.785. The number of anilines is 1. The number of ether oxygens (including phenoxy) is 1. The Hall–Kier alpha value is -2.33. The summed E-state index contributed by atoms with van der Waals surface area (Å²) in [4.78, 5) is 10.1. The molecule has 1 aliphatic rings. The fourth-order valence-corrected chi connectivity index (χ4v) is 3.51. The highest BCUT2D eigenvalue weighted by Gasteiger charge is 2.16. The van der Waals surface area contributed by atoms with Crippen molar-refractivity contribution in [2.24, 2.45) is 0 Å². The molecule has 2 aromatic heterocycles. The molecule has 0 bridgehead atoms. The van der Waals surface area contributed by atoms with Crippen LogP contribution in [0.1, 0.15) is 11.1 Å². The molecule has 0 amide bonds. The Balaban J connectivity index is 1.75. The summed E-state index contributed by atoms with van der Waals surface area (Å²) in [7, 11) is 0. The Morgan fingerprint density at radius 2 is 1.78 bits per heavy atom. The van der Waals surface area contributed by atoms with Crippen molar-refractivity contribution in [3.8, 4) is 11.1 Å². The van der Waals surface area contributed by atoms with Crippen LogP contribution in [0.25, 0.3) is 22.2 Å². The molecule has 0 atom stereocenters. The van der Waals surface area contributed by atoms with Crippen molar-refractivity contribution in [2.75, 3.05) is 31.2 Å². The number of aromatic amines is 1. The van der Waals surface area contributed by atoms with E-state index in [0.29, 0.717) is 0 Å². The number of nitrogens with zero attached hydrogens (tertiary/aromatic N) is 2. The van der Waals surface area contributed by atoms with E-state index in [0.717, 1.165) is 42.9 Å². The van der Waals surface area contributed by atoms with Crippen molar-refractivity contribution in [1.82, 2.24) is 9.97 Å². The van der Waals surface area contributed by atoms with Crippen LogP contribution >= 0.6 is 0 Å². The molecule has 118 valence electrons. The first-order chi connectivity index (χ1) is 11.2. The summed E-state index contributed by atoms with van der Waals surface area (Å²) in [5.41, 5.74) is 7.32. The number of nitrogens with one attached hydrogen (secondary N) is 1. The van der Waals surface area contributed by atoms with Gasteiger partial charge in [0.2, 0.25) is 0 Å². The van der Waals surface area contributed by atoms with Gasteiger partial charge in [-0.3, -0.25) is 0 Å². The van der Waals surface area contributed by atoms with Crippen LogP contribution in [-0.4, -0.2) is 36.3 Å². The maximum atomic E-state index is 5.47. The first-order valence-electron chi connectivity index (χ1n) is 8.10. The number of H-pyrrole nitrogens is 1. The first-order valence-corrected chi connectivity index (χ1v) is 8.10. The van der Waals surface area contributed by atoms with Gasteiger partial charge in [-0.25, -0.2) is 4.98 Å². The third-order valence-electron chi connectivity index (χ3n) is 4.55. The molecule has 4 nitrogen and oxygen atoms in total. The predicted molar refractivity (Wildman–Crippen MR) is 94.0 cm³/mol. The molecule has 4 heteroatoms. The molecule has 0 unspecified atom stereocenters. The van der Waals surface area contributed by atoms with Crippen LogP contribution in [0.2, 0.25) is 0 Å². The molecule has 1 aliphatic heterocycles. The molecular weight excluding hydrogens is 286 g/mol. The van der Waals surface area contributed by atoms with Gasteiger partial charge >= 0.3 is 0 Å². The standard InChI is InChI=1S/C19H21N3O/c1-13-9-16(17-11-15-3-4-20-19(15)21-12-17)10-14(2)18(13)22-5-7-23-8-6-22/h3-4,9-12H,5-8H2,1-2H3,(H,20,21). The highest BCUT2D eigenvalue weighted by atomic mass is 16.5. The molecule has 1 N–H and O–H groups in total. The van der Waals surface area contributed by atoms with Gasteiger partial charge in [0.1, 0.15) is 5.65 Å². The van der Waals surface area contributed by atoms with Crippen molar-refractivity contribution < 1.29 is 4.74 Å². The SMILES string of the molecule is Cc1cc(-c2cnc3[nH]ccc3c2)cc(C)c1N1CCOCC1. The minimum absolute atomic E-state index is 0.814. The molecule has 0 radical (unpaired) electrons. The van der Waals surface area contributed by atoms with Crippen LogP contribution in [0.4, 0.5) is 5.69 Å². The van der Waals surface area contributed by atoms with Gasteiger partial charge in [-0.1, -0.05) is 0 Å². The first kappa shape index (κ1) is 14.3. The molecule has 1 aromatic carbocycles. The van der Waals surface area contributed by atoms with Crippen LogP contribution in [0, 0.1) is 13.8 Å². The van der Waals surface area contributed by atoms with Crippen molar-refractivity contribution in [3.05, 3.63) is 47.8 Å². The Labute approximate surface area is 136 Å². The minimum atomic E-state index is 0.814. The molecule has 4 rings (SSSR count). The lowest BCUT2D eigenvalue weighted by molar-refractivity contribution is 0.122. The fourth-order valence-electron chi connectivity index (χ4n) is 3.51. The molecular formula is C19H21N3O. The Morgan fingerprint density at radius 1 is 1.04 bits per heavy atom. The molecule has 23 heavy (non-hydrogen) atoms. The van der Waals surface area contributed by atoms with Gasteiger partial charge in [-0.2, -0.15) is 0 Å². The predicted octanol–water partition coefficient (Wildman–Crippen LogP) is 3.68. The summed E-state index contributed by atoms with van der Waals surface area (Å²) >= 11 is 0. The number of aryl methyl sites for hydroxylation is 2. The maximum absolute atomic E-state index is 5.47. The number of fused-ring (bicyclic) bond motifs is 1. The van der Waals surface area contributed by atoms with Gasteiger partial charge in [-0.05, 0) is 54.8 Å². The van der Waals surface area contributed by atoms with Gasteiger partial charge in [0.15, 0.2) is 0 Å². The van der Waals surface area contributed by atoms with Gasteiger partial charge in [0.25, 0.3) is 0 Å². The van der Waals surface area contributed by atoms with Gasteiger partial charge in [0, 0.05) is 42.1 Å². The molecule has 3 heterocycles. The number of hydrogen-bond donors (Lipinski definition) is 1. The summed E-state index contributed by atoms with van der Waals surface area (Å²) in [6.07, 6.45) is 3.88. The van der Waals surface area contributed by atoms with Gasteiger partial charge < -0.3 is 14.6 Å². The second-order valence-corrected chi connectivity index (χ2v) is 6.20. The number of rotatable bonds is 2. The number of morpholine rings is 1. The number of pyridine rings is 1. The highest BCUT2D eigenvalue weighted by Crippen LogP contribution is 2.32. The van der Waals surface area contributed by atoms with Crippen LogP contribution in [0.3, 0.4) is 0 Å². The van der Waals surface area contributed by atoms with E-state index < -0.39 is 0 Å². The van der Waals surface area contributed by atoms with Gasteiger partial charge in [-0.15, -0.1) is 0 Å². The van der Waals surface area contributed by atoms with Crippen molar-refractivity contribution in [3.63, 3.8) is 0 Å². The van der Waals surface area contributed by atoms with Gasteiger partial charge in [0.05, 0.1) is 13.2 Å². The second-order valence-electron chi connectivity index (χ2n) is 6.20. The zero-order valence-corrected chi connectivity index (χ0v) is 13.6. The zero-order chi connectivity index (χ0) is 15.8. The Morgan fingerprint density at radius 3 is 2.52 bits per heavy atom. The largest absolute Gasteiger partial charge is 0.378 e. The lowest BCUT2D eigenvalue weighted by Crippen LogP contribution is -2.37. The average Bonchev–Trinajstić information content (AvgIpc) is 3.02. The van der Waals surface area contributed by atoms with Crippen LogP contribution in [0.15, 0.2) is 36.7 Å². The molecule has 0 spiro atoms. The molecule has 1 saturated heterocycles. The van der Waals surface area contributed by atoms with E-state index in [2.05, 4.69) is 53.0 Å². The topological polar surface area (TPSA) is 41.2 Å². The Kier molecular flexibility index (Phi) is 3.54. The summed E-state index contributed by atoms with van der Waals surface area (Å²) in [6.45, 7) is 7.96. The van der Waals surface area contributed by atoms with Crippen LogP contribution in [0.5, 0.6) is 0 Å². The second kappa shape index (κ2) is 5.70. The minimum Gasteiger partial charge on any atom is -0.378 e. The monoisotopic (exact) mass is 307 g/mol. The zero-order valence-electron chi connectivity index (χ0n) is 13.6. The lowest BCUT2D eigenvalue weighted by atomic mass is 9.98. The summed E-state index contributed by atoms with van der Waals surface area (Å²) < 4.78 is 5.47. The summed E-state index contributed by atoms with van der Waals surface area (Å²) in [5.74, 6) is 0. The van der Waals surface area contributed by atoms with E-state index in [-0.39, 0.29) is 0 Å². The number of aromatic nitrogens is 2. The third-order valence-corrected chi connectivity index (χ3v) is 4.55. The average molecular weight is 307 g/mol. The highest BCUT2D eigenvalue weighted by molar-refractivity contribution is 5.82. The van der Waals surface area contributed by atoms with E-state index in [4.69, 9.17) is 4.74 Å². The van der Waals surface area contributed by atoms with E-state index >= 15 is 0 Å². The Bertz CT molecular complexity index is 824. The number of benzene rings is 1. The maximum Gasteiger partial charge on any atom is 0.137 e. The number of hydrogen-bond acceptors (Lipinski definition) is 3. The fraction of sp³-hybridized carbons (Fsp3) is 0.316. The summed E-state index contributed by atoms with van der Waals surface area (Å²) in [5, 5.41) is 1.15. The smallest absolute Gasteiger partial charge is 0.137 e. The van der Waals surface area contributed by atoms with Crippen molar-refractivity contribution >= 4 is 16.7 Å². The molecule has 3 aromatic rings. The van der Waals surface area contributed by atoms with Crippen LogP contribution in [-0.2, 0) is 4.74 Å². The van der Waals surface area contributed by atoms with E-state index in [1.165, 1.54) is 22.4 Å². The van der Waals surface area contributed by atoms with Crippen molar-refractivity contribution in [2.45, 2.75) is 13.8 Å². The third kappa shape index (κ3) is 2.59. The molecule has 0 saturated carbocycles. The van der Waals surface area contributed by atoms with Crippen LogP contribution < -0.4 is 4.90 Å². The van der Waals surface area contributed by atoms with E-state index in [1.807, 2.05) is 12.4 Å². The molecule has 1 fully saturated rings. The molecule has 0 aliphatic carbocycles. The lowest BCUT2D eigenvalue weighted by Gasteiger charge is -2.31. The normalized spacial score (nSPS) is 15.3. The van der Waals surface area contributed by atoms with E-state index in [1.54, 1.807) is 0 Å².